The highest BCUT2D eigenvalue weighted by molar-refractivity contribution is 7.89. The molecule has 1 aliphatic heterocycles. The van der Waals surface area contributed by atoms with E-state index in [0.717, 1.165) is 32.1 Å². The van der Waals surface area contributed by atoms with Crippen LogP contribution in [0.2, 0.25) is 0 Å². The largest absolute Gasteiger partial charge is 0.353 e. The second-order valence-corrected chi connectivity index (χ2v) is 9.38. The van der Waals surface area contributed by atoms with Gasteiger partial charge in [-0.1, -0.05) is 12.8 Å². The van der Waals surface area contributed by atoms with E-state index in [0.29, 0.717) is 18.7 Å². The highest BCUT2D eigenvalue weighted by atomic mass is 32.2. The second kappa shape index (κ2) is 7.96. The zero-order chi connectivity index (χ0) is 19.6. The first-order valence-corrected chi connectivity index (χ1v) is 11.1. The number of carbonyl (C=O) groups is 1. The van der Waals surface area contributed by atoms with Crippen molar-refractivity contribution in [2.75, 3.05) is 13.1 Å². The topological polar surface area (TPSA) is 110 Å². The molecular formula is C18H24N6O3S. The predicted octanol–water partition coefficient (Wildman–Crippen LogP) is 1.12. The number of aromatic nitrogens is 4. The van der Waals surface area contributed by atoms with Gasteiger partial charge in [-0.05, 0) is 60.4 Å². The summed E-state index contributed by atoms with van der Waals surface area (Å²) in [6, 6.07) is 6.68. The summed E-state index contributed by atoms with van der Waals surface area (Å²) in [5.41, 5.74) is 0.677. The lowest BCUT2D eigenvalue weighted by Gasteiger charge is -2.31. The number of nitrogens with one attached hydrogen (secondary N) is 1. The minimum atomic E-state index is -3.65. The van der Waals surface area contributed by atoms with Gasteiger partial charge in [0.25, 0.3) is 0 Å². The van der Waals surface area contributed by atoms with Gasteiger partial charge in [0.05, 0.1) is 16.5 Å². The number of hydrogen-bond acceptors (Lipinski definition) is 6. The molecule has 1 amide bonds. The Balaban J connectivity index is 1.45. The summed E-state index contributed by atoms with van der Waals surface area (Å²) in [6.45, 7) is 0.667. The van der Waals surface area contributed by atoms with Crippen LogP contribution in [0.5, 0.6) is 0 Å². The molecule has 0 unspecified atom stereocenters. The standard InChI is InChI=1S/C18H24N6O3S/c25-18(20-15-5-1-2-6-15)14-4-3-11-23(12-14)28(26,27)17-9-7-16(8-10-17)24-13-19-21-22-24/h7-10,13-15H,1-6,11-12H2,(H,20,25)/t14-/m0/s1. The number of piperidine rings is 1. The number of tetrazole rings is 1. The highest BCUT2D eigenvalue weighted by Gasteiger charge is 2.34. The third-order valence-electron chi connectivity index (χ3n) is 5.54. The lowest BCUT2D eigenvalue weighted by atomic mass is 9.98. The molecule has 0 bridgehead atoms. The van der Waals surface area contributed by atoms with Crippen molar-refractivity contribution in [3.63, 3.8) is 0 Å². The fourth-order valence-corrected chi connectivity index (χ4v) is 5.49. The molecule has 10 heteroatoms. The number of amides is 1. The number of nitrogens with zero attached hydrogens (tertiary/aromatic N) is 5. The molecule has 1 aliphatic carbocycles. The third kappa shape index (κ3) is 3.93. The normalized spacial score (nSPS) is 21.6. The van der Waals surface area contributed by atoms with Gasteiger partial charge in [0, 0.05) is 19.1 Å². The Bertz CT molecular complexity index is 907. The Hall–Kier alpha value is -2.33. The van der Waals surface area contributed by atoms with E-state index >= 15 is 0 Å². The molecule has 28 heavy (non-hydrogen) atoms. The van der Waals surface area contributed by atoms with Crippen LogP contribution in [0.1, 0.15) is 38.5 Å². The van der Waals surface area contributed by atoms with E-state index in [1.54, 1.807) is 24.3 Å². The van der Waals surface area contributed by atoms with E-state index in [2.05, 4.69) is 20.8 Å². The van der Waals surface area contributed by atoms with Crippen LogP contribution in [-0.4, -0.2) is 58.0 Å². The molecule has 1 aromatic carbocycles. The molecule has 1 aromatic heterocycles. The number of sulfonamides is 1. The minimum Gasteiger partial charge on any atom is -0.353 e. The van der Waals surface area contributed by atoms with E-state index in [1.807, 2.05) is 0 Å². The summed E-state index contributed by atoms with van der Waals surface area (Å²) in [5, 5.41) is 14.0. The second-order valence-electron chi connectivity index (χ2n) is 7.44. The molecule has 0 spiro atoms. The van der Waals surface area contributed by atoms with E-state index in [1.165, 1.54) is 15.3 Å². The number of benzene rings is 1. The van der Waals surface area contributed by atoms with Crippen LogP contribution in [0.4, 0.5) is 0 Å². The quantitative estimate of drug-likeness (QED) is 0.800. The molecule has 1 saturated heterocycles. The van der Waals surface area contributed by atoms with Gasteiger partial charge in [0.1, 0.15) is 6.33 Å². The van der Waals surface area contributed by atoms with Crippen LogP contribution in [-0.2, 0) is 14.8 Å². The highest BCUT2D eigenvalue weighted by Crippen LogP contribution is 2.25. The van der Waals surface area contributed by atoms with Crippen LogP contribution >= 0.6 is 0 Å². The smallest absolute Gasteiger partial charge is 0.243 e. The fourth-order valence-electron chi connectivity index (χ4n) is 3.96. The minimum absolute atomic E-state index is 0.0131. The van der Waals surface area contributed by atoms with Gasteiger partial charge >= 0.3 is 0 Å². The Morgan fingerprint density at radius 1 is 1.07 bits per heavy atom. The number of hydrogen-bond donors (Lipinski definition) is 1. The van der Waals surface area contributed by atoms with Crippen molar-refractivity contribution in [3.05, 3.63) is 30.6 Å². The lowest BCUT2D eigenvalue weighted by molar-refractivity contribution is -0.126. The van der Waals surface area contributed by atoms with Gasteiger partial charge in [-0.2, -0.15) is 4.31 Å². The van der Waals surface area contributed by atoms with Gasteiger partial charge in [-0.25, -0.2) is 13.1 Å². The molecule has 1 atom stereocenters. The molecule has 9 nitrogen and oxygen atoms in total. The third-order valence-corrected chi connectivity index (χ3v) is 7.42. The molecule has 2 heterocycles. The first-order chi connectivity index (χ1) is 13.5. The summed E-state index contributed by atoms with van der Waals surface area (Å²) in [5.74, 6) is -0.301. The maximum absolute atomic E-state index is 13.0. The van der Waals surface area contributed by atoms with Gasteiger partial charge < -0.3 is 5.32 Å². The molecule has 1 N–H and O–H groups in total. The lowest BCUT2D eigenvalue weighted by Crippen LogP contribution is -2.47. The van der Waals surface area contributed by atoms with E-state index in [4.69, 9.17) is 0 Å². The Labute approximate surface area is 164 Å². The van der Waals surface area contributed by atoms with Crippen LogP contribution in [0.25, 0.3) is 5.69 Å². The molecule has 2 aliphatic rings. The zero-order valence-electron chi connectivity index (χ0n) is 15.6. The maximum Gasteiger partial charge on any atom is 0.243 e. The van der Waals surface area contributed by atoms with Crippen molar-refractivity contribution in [2.24, 2.45) is 5.92 Å². The van der Waals surface area contributed by atoms with E-state index in [-0.39, 0.29) is 29.3 Å². The Morgan fingerprint density at radius 2 is 1.82 bits per heavy atom. The summed E-state index contributed by atoms with van der Waals surface area (Å²) < 4.78 is 29.0. The molecule has 2 fully saturated rings. The monoisotopic (exact) mass is 404 g/mol. The van der Waals surface area contributed by atoms with Crippen molar-refractivity contribution >= 4 is 15.9 Å². The van der Waals surface area contributed by atoms with Gasteiger partial charge in [0.15, 0.2) is 0 Å². The average Bonchev–Trinajstić information content (AvgIpc) is 3.42. The fraction of sp³-hybridized carbons (Fsp3) is 0.556. The molecule has 150 valence electrons. The van der Waals surface area contributed by atoms with Crippen LogP contribution in [0.3, 0.4) is 0 Å². The van der Waals surface area contributed by atoms with E-state index in [9.17, 15) is 13.2 Å². The zero-order valence-corrected chi connectivity index (χ0v) is 16.4. The first-order valence-electron chi connectivity index (χ1n) is 9.68. The summed E-state index contributed by atoms with van der Waals surface area (Å²) in [4.78, 5) is 12.8. The van der Waals surface area contributed by atoms with Crippen LogP contribution in [0, 0.1) is 5.92 Å². The Kier molecular flexibility index (Phi) is 5.40. The SMILES string of the molecule is O=C(NC1CCCC1)[C@H]1CCCN(S(=O)(=O)c2ccc(-n3cnnn3)cc2)C1. The van der Waals surface area contributed by atoms with Gasteiger partial charge in [-0.15, -0.1) is 5.10 Å². The predicted molar refractivity (Wildman–Crippen MR) is 101 cm³/mol. The van der Waals surface area contributed by atoms with Gasteiger partial charge in [0.2, 0.25) is 15.9 Å². The Morgan fingerprint density at radius 3 is 2.50 bits per heavy atom. The van der Waals surface area contributed by atoms with Crippen molar-refractivity contribution in [3.8, 4) is 5.69 Å². The molecule has 0 radical (unpaired) electrons. The number of carbonyl (C=O) groups excluding carboxylic acids is 1. The average molecular weight is 404 g/mol. The van der Waals surface area contributed by atoms with E-state index < -0.39 is 10.0 Å². The van der Waals surface area contributed by atoms with Crippen LogP contribution < -0.4 is 5.32 Å². The molecule has 1 saturated carbocycles. The molecule has 4 rings (SSSR count). The summed E-state index contributed by atoms with van der Waals surface area (Å²) in [6.07, 6.45) is 7.20. The summed E-state index contributed by atoms with van der Waals surface area (Å²) >= 11 is 0. The number of rotatable bonds is 5. The summed E-state index contributed by atoms with van der Waals surface area (Å²) in [7, 11) is -3.65. The van der Waals surface area contributed by atoms with Crippen molar-refractivity contribution in [1.29, 1.82) is 0 Å². The first kappa shape index (κ1) is 19.0. The van der Waals surface area contributed by atoms with Crippen molar-refractivity contribution in [1.82, 2.24) is 29.8 Å². The van der Waals surface area contributed by atoms with Crippen molar-refractivity contribution < 1.29 is 13.2 Å². The van der Waals surface area contributed by atoms with Gasteiger partial charge in [-0.3, -0.25) is 4.79 Å². The van der Waals surface area contributed by atoms with Crippen LogP contribution in [0.15, 0.2) is 35.5 Å². The molecule has 2 aromatic rings. The molecular weight excluding hydrogens is 380 g/mol. The van der Waals surface area contributed by atoms with Crippen molar-refractivity contribution in [2.45, 2.75) is 49.5 Å². The maximum atomic E-state index is 13.0.